The summed E-state index contributed by atoms with van der Waals surface area (Å²) < 4.78 is 6.73. The topological polar surface area (TPSA) is 73.2 Å². The number of benzene rings is 1. The van der Waals surface area contributed by atoms with Crippen LogP contribution >= 0.6 is 11.6 Å². The van der Waals surface area contributed by atoms with Crippen molar-refractivity contribution in [2.45, 2.75) is 27.3 Å². The summed E-state index contributed by atoms with van der Waals surface area (Å²) in [5.41, 5.74) is 2.03. The third-order valence-corrected chi connectivity index (χ3v) is 3.53. The number of rotatable bonds is 4. The maximum Gasteiger partial charge on any atom is 0.333 e. The second kappa shape index (κ2) is 6.62. The van der Waals surface area contributed by atoms with Crippen molar-refractivity contribution in [3.63, 3.8) is 0 Å². The molecule has 1 amide bonds. The number of ether oxygens (including phenoxy) is 1. The van der Waals surface area contributed by atoms with E-state index in [0.717, 1.165) is 5.69 Å². The van der Waals surface area contributed by atoms with Crippen LogP contribution in [0.15, 0.2) is 24.3 Å². The summed E-state index contributed by atoms with van der Waals surface area (Å²) in [6.45, 7) is 4.97. The molecule has 0 radical (unpaired) electrons. The fourth-order valence-electron chi connectivity index (χ4n) is 1.92. The second-order valence-corrected chi connectivity index (χ2v) is 5.20. The van der Waals surface area contributed by atoms with Crippen LogP contribution in [-0.2, 0) is 16.1 Å². The van der Waals surface area contributed by atoms with Crippen LogP contribution in [0.4, 0.5) is 5.69 Å². The molecule has 2 rings (SSSR count). The molecule has 7 heteroatoms. The van der Waals surface area contributed by atoms with Gasteiger partial charge in [0.05, 0.1) is 16.4 Å². The lowest BCUT2D eigenvalue weighted by atomic mass is 10.3. The molecule has 2 aromatic rings. The first-order valence-electron chi connectivity index (χ1n) is 6.64. The largest absolute Gasteiger partial charge is 0.425 e. The average molecular weight is 322 g/mol. The van der Waals surface area contributed by atoms with E-state index in [1.54, 1.807) is 38.1 Å². The quantitative estimate of drug-likeness (QED) is 0.694. The number of nitrogens with zero attached hydrogens (tertiary/aromatic N) is 2. The maximum atomic E-state index is 11.9. The molecular formula is C15H16ClN3O3. The Bertz CT molecular complexity index is 708. The molecule has 0 bridgehead atoms. The number of esters is 1. The van der Waals surface area contributed by atoms with Gasteiger partial charge in [-0.25, -0.2) is 4.79 Å². The average Bonchev–Trinajstić information content (AvgIpc) is 2.68. The van der Waals surface area contributed by atoms with E-state index in [-0.39, 0.29) is 12.5 Å². The molecule has 22 heavy (non-hydrogen) atoms. The van der Waals surface area contributed by atoms with Gasteiger partial charge in [-0.3, -0.25) is 9.48 Å². The van der Waals surface area contributed by atoms with Crippen molar-refractivity contribution in [2.24, 2.45) is 0 Å². The fourth-order valence-corrected chi connectivity index (χ4v) is 2.06. The van der Waals surface area contributed by atoms with Gasteiger partial charge in [0.1, 0.15) is 12.3 Å². The summed E-state index contributed by atoms with van der Waals surface area (Å²) in [5.74, 6) is -0.215. The zero-order valence-electron chi connectivity index (χ0n) is 12.5. The van der Waals surface area contributed by atoms with E-state index in [9.17, 15) is 9.59 Å². The van der Waals surface area contributed by atoms with E-state index in [4.69, 9.17) is 16.3 Å². The number of halogens is 1. The second-order valence-electron chi connectivity index (χ2n) is 4.82. The first-order chi connectivity index (χ1) is 10.4. The van der Waals surface area contributed by atoms with Crippen molar-refractivity contribution in [3.05, 3.63) is 40.7 Å². The third kappa shape index (κ3) is 3.85. The molecule has 1 heterocycles. The van der Waals surface area contributed by atoms with E-state index >= 15 is 0 Å². The molecule has 0 saturated carbocycles. The Balaban J connectivity index is 1.99. The number of aryl methyl sites for hydroxylation is 1. The predicted molar refractivity (Wildman–Crippen MR) is 83.1 cm³/mol. The molecule has 0 aliphatic heterocycles. The Kier molecular flexibility index (Phi) is 4.82. The van der Waals surface area contributed by atoms with Gasteiger partial charge in [0.2, 0.25) is 5.91 Å². The zero-order chi connectivity index (χ0) is 16.3. The molecule has 0 fully saturated rings. The van der Waals surface area contributed by atoms with Crippen molar-refractivity contribution < 1.29 is 14.3 Å². The molecule has 1 aromatic carbocycles. The highest BCUT2D eigenvalue weighted by Gasteiger charge is 2.13. The van der Waals surface area contributed by atoms with Gasteiger partial charge in [0.25, 0.3) is 0 Å². The summed E-state index contributed by atoms with van der Waals surface area (Å²) >= 11 is 6.03. The highest BCUT2D eigenvalue weighted by atomic mass is 35.5. The molecule has 1 N–H and O–H groups in total. The number of carbonyl (C=O) groups excluding carboxylic acids is 2. The number of nitrogens with one attached hydrogen (secondary N) is 1. The van der Waals surface area contributed by atoms with E-state index < -0.39 is 5.97 Å². The SMILES string of the molecule is CC(=O)Nc1ccc(OC(=O)Cn2nc(C)c(Cl)c2C)cc1. The molecule has 0 aliphatic carbocycles. The van der Waals surface area contributed by atoms with Crippen molar-refractivity contribution in [1.29, 1.82) is 0 Å². The lowest BCUT2D eigenvalue weighted by Gasteiger charge is -2.07. The first-order valence-corrected chi connectivity index (χ1v) is 7.02. The van der Waals surface area contributed by atoms with Crippen LogP contribution in [-0.4, -0.2) is 21.7 Å². The number of amides is 1. The summed E-state index contributed by atoms with van der Waals surface area (Å²) in [4.78, 5) is 22.8. The normalized spacial score (nSPS) is 10.4. The van der Waals surface area contributed by atoms with Gasteiger partial charge < -0.3 is 10.1 Å². The van der Waals surface area contributed by atoms with Gasteiger partial charge in [0, 0.05) is 12.6 Å². The lowest BCUT2D eigenvalue weighted by molar-refractivity contribution is -0.135. The van der Waals surface area contributed by atoms with Crippen molar-refractivity contribution in [1.82, 2.24) is 9.78 Å². The highest BCUT2D eigenvalue weighted by molar-refractivity contribution is 6.31. The highest BCUT2D eigenvalue weighted by Crippen LogP contribution is 2.19. The molecule has 0 aliphatic rings. The van der Waals surface area contributed by atoms with Gasteiger partial charge in [-0.2, -0.15) is 5.10 Å². The molecular weight excluding hydrogens is 306 g/mol. The Morgan fingerprint density at radius 2 is 1.91 bits per heavy atom. The Labute approximate surface area is 133 Å². The number of carbonyl (C=O) groups is 2. The molecule has 0 unspecified atom stereocenters. The summed E-state index contributed by atoms with van der Waals surface area (Å²) in [7, 11) is 0. The smallest absolute Gasteiger partial charge is 0.333 e. The molecule has 1 aromatic heterocycles. The first kappa shape index (κ1) is 16.0. The standard InChI is InChI=1S/C15H16ClN3O3/c1-9-15(16)10(2)19(18-9)8-14(21)22-13-6-4-12(5-7-13)17-11(3)20/h4-7H,8H2,1-3H3,(H,17,20). The van der Waals surface area contributed by atoms with Crippen molar-refractivity contribution in [3.8, 4) is 5.75 Å². The minimum absolute atomic E-state index is 0.0210. The monoisotopic (exact) mass is 321 g/mol. The van der Waals surface area contributed by atoms with E-state index in [0.29, 0.717) is 22.2 Å². The maximum absolute atomic E-state index is 11.9. The molecule has 0 atom stereocenters. The van der Waals surface area contributed by atoms with Gasteiger partial charge in [0.15, 0.2) is 0 Å². The summed E-state index contributed by atoms with van der Waals surface area (Å²) in [6, 6.07) is 6.53. The van der Waals surface area contributed by atoms with Crippen LogP contribution in [0.2, 0.25) is 5.02 Å². The Morgan fingerprint density at radius 1 is 1.27 bits per heavy atom. The number of anilines is 1. The van der Waals surface area contributed by atoms with Gasteiger partial charge in [-0.1, -0.05) is 11.6 Å². The lowest BCUT2D eigenvalue weighted by Crippen LogP contribution is -2.18. The molecule has 0 saturated heterocycles. The number of hydrogen-bond acceptors (Lipinski definition) is 4. The van der Waals surface area contributed by atoms with Crippen molar-refractivity contribution >= 4 is 29.2 Å². The van der Waals surface area contributed by atoms with Crippen LogP contribution in [0, 0.1) is 13.8 Å². The summed E-state index contributed by atoms with van der Waals surface area (Å²) in [6.07, 6.45) is 0. The van der Waals surface area contributed by atoms with Gasteiger partial charge >= 0.3 is 5.97 Å². The van der Waals surface area contributed by atoms with Crippen LogP contribution in [0.1, 0.15) is 18.3 Å². The van der Waals surface area contributed by atoms with Crippen LogP contribution in [0.25, 0.3) is 0 Å². The van der Waals surface area contributed by atoms with E-state index in [1.165, 1.54) is 11.6 Å². The molecule has 0 spiro atoms. The van der Waals surface area contributed by atoms with Gasteiger partial charge in [-0.05, 0) is 38.1 Å². The number of hydrogen-bond donors (Lipinski definition) is 1. The zero-order valence-corrected chi connectivity index (χ0v) is 13.3. The Morgan fingerprint density at radius 3 is 2.41 bits per heavy atom. The van der Waals surface area contributed by atoms with E-state index in [2.05, 4.69) is 10.4 Å². The molecule has 116 valence electrons. The third-order valence-electron chi connectivity index (χ3n) is 2.98. The minimum atomic E-state index is -0.449. The Hall–Kier alpha value is -2.34. The number of aromatic nitrogens is 2. The minimum Gasteiger partial charge on any atom is -0.425 e. The summed E-state index contributed by atoms with van der Waals surface area (Å²) in [5, 5.41) is 7.36. The van der Waals surface area contributed by atoms with Crippen LogP contribution < -0.4 is 10.1 Å². The molecule has 6 nitrogen and oxygen atoms in total. The van der Waals surface area contributed by atoms with Crippen LogP contribution in [0.3, 0.4) is 0 Å². The van der Waals surface area contributed by atoms with E-state index in [1.807, 2.05) is 0 Å². The predicted octanol–water partition coefficient (Wildman–Crippen LogP) is 2.72. The van der Waals surface area contributed by atoms with Gasteiger partial charge in [-0.15, -0.1) is 0 Å². The van der Waals surface area contributed by atoms with Crippen LogP contribution in [0.5, 0.6) is 5.75 Å². The van der Waals surface area contributed by atoms with Crippen molar-refractivity contribution in [2.75, 3.05) is 5.32 Å². The fraction of sp³-hybridized carbons (Fsp3) is 0.267.